The maximum Gasteiger partial charge on any atom is 0.137 e. The quantitative estimate of drug-likeness (QED) is 0.864. The van der Waals surface area contributed by atoms with Gasteiger partial charge in [0.15, 0.2) is 0 Å². The second-order valence-electron chi connectivity index (χ2n) is 7.32. The highest BCUT2D eigenvalue weighted by molar-refractivity contribution is 5.31. The predicted octanol–water partition coefficient (Wildman–Crippen LogP) is 3.26. The monoisotopic (exact) mass is 335 g/mol. The molecule has 1 unspecified atom stereocenters. The topological polar surface area (TPSA) is 57.7 Å². The van der Waals surface area contributed by atoms with Gasteiger partial charge in [-0.2, -0.15) is 5.26 Å². The molecule has 0 amide bonds. The number of aromatic nitrogens is 3. The molecule has 0 bridgehead atoms. The van der Waals surface area contributed by atoms with Crippen LogP contribution in [0.2, 0.25) is 0 Å². The van der Waals surface area contributed by atoms with Crippen molar-refractivity contribution in [3.8, 4) is 6.07 Å². The van der Waals surface area contributed by atoms with Gasteiger partial charge in [-0.25, -0.2) is 0 Å². The molecule has 1 aromatic heterocycles. The van der Waals surface area contributed by atoms with Crippen molar-refractivity contribution in [2.24, 2.45) is 0 Å². The molecule has 0 spiro atoms. The summed E-state index contributed by atoms with van der Waals surface area (Å²) in [5.41, 5.74) is 2.01. The van der Waals surface area contributed by atoms with Gasteiger partial charge in [-0.3, -0.25) is 4.90 Å². The molecule has 0 saturated carbocycles. The third-order valence-electron chi connectivity index (χ3n) is 5.50. The normalized spacial score (nSPS) is 21.3. The van der Waals surface area contributed by atoms with Crippen LogP contribution in [0.5, 0.6) is 0 Å². The van der Waals surface area contributed by atoms with Crippen LogP contribution >= 0.6 is 0 Å². The first-order valence-electron chi connectivity index (χ1n) is 9.47. The first-order valence-corrected chi connectivity index (χ1v) is 9.47. The zero-order valence-corrected chi connectivity index (χ0v) is 14.7. The van der Waals surface area contributed by atoms with Crippen LogP contribution in [0.15, 0.2) is 24.3 Å². The Bertz CT molecular complexity index is 755. The maximum absolute atomic E-state index is 8.93. The van der Waals surface area contributed by atoms with Gasteiger partial charge < -0.3 is 4.57 Å². The highest BCUT2D eigenvalue weighted by Crippen LogP contribution is 2.28. The summed E-state index contributed by atoms with van der Waals surface area (Å²) in [7, 11) is 0. The average molecular weight is 335 g/mol. The Morgan fingerprint density at radius 1 is 1.04 bits per heavy atom. The smallest absolute Gasteiger partial charge is 0.137 e. The number of fused-ring (bicyclic) bond motifs is 1. The summed E-state index contributed by atoms with van der Waals surface area (Å²) in [6.07, 6.45) is 7.30. The zero-order valence-electron chi connectivity index (χ0n) is 14.7. The van der Waals surface area contributed by atoms with Crippen LogP contribution in [0.3, 0.4) is 0 Å². The van der Waals surface area contributed by atoms with Gasteiger partial charge in [0.2, 0.25) is 0 Å². The second-order valence-corrected chi connectivity index (χ2v) is 7.32. The van der Waals surface area contributed by atoms with E-state index in [0.29, 0.717) is 5.92 Å². The fourth-order valence-electron chi connectivity index (χ4n) is 4.16. The summed E-state index contributed by atoms with van der Waals surface area (Å²) in [4.78, 5) is 2.52. The Labute approximate surface area is 149 Å². The van der Waals surface area contributed by atoms with Gasteiger partial charge in [-0.15, -0.1) is 10.2 Å². The highest BCUT2D eigenvalue weighted by atomic mass is 15.3. The number of benzene rings is 1. The van der Waals surface area contributed by atoms with Crippen LogP contribution in [0.4, 0.5) is 0 Å². The van der Waals surface area contributed by atoms with Crippen molar-refractivity contribution in [2.45, 2.75) is 57.5 Å². The zero-order chi connectivity index (χ0) is 17.1. The third kappa shape index (κ3) is 3.59. The SMILES string of the molecule is N#Cc1ccc(CN2CCCC(c3nnc4n3CCCCC4)C2)cc1. The van der Waals surface area contributed by atoms with E-state index in [1.165, 1.54) is 49.3 Å². The van der Waals surface area contributed by atoms with Gasteiger partial charge in [-0.05, 0) is 49.9 Å². The molecule has 2 aliphatic heterocycles. The number of aryl methyl sites for hydroxylation is 1. The van der Waals surface area contributed by atoms with Gasteiger partial charge in [-0.1, -0.05) is 18.6 Å². The van der Waals surface area contributed by atoms with Crippen LogP contribution in [-0.4, -0.2) is 32.8 Å². The predicted molar refractivity (Wildman–Crippen MR) is 96.0 cm³/mol. The van der Waals surface area contributed by atoms with E-state index in [9.17, 15) is 0 Å². The fraction of sp³-hybridized carbons (Fsp3) is 0.550. The number of rotatable bonds is 3. The van der Waals surface area contributed by atoms with Gasteiger partial charge >= 0.3 is 0 Å². The molecule has 0 N–H and O–H groups in total. The number of hydrogen-bond donors (Lipinski definition) is 0. The molecule has 130 valence electrons. The molecule has 4 rings (SSSR count). The standard InChI is InChI=1S/C20H25N5/c21-13-16-7-9-17(10-8-16)14-24-11-4-5-18(15-24)20-23-22-19-6-2-1-3-12-25(19)20/h7-10,18H,1-6,11-12,14-15H2. The van der Waals surface area contributed by atoms with E-state index in [2.05, 4.69) is 37.9 Å². The Morgan fingerprint density at radius 3 is 2.76 bits per heavy atom. The summed E-state index contributed by atoms with van der Waals surface area (Å²) < 4.78 is 2.41. The maximum atomic E-state index is 8.93. The van der Waals surface area contributed by atoms with Crippen LogP contribution in [-0.2, 0) is 19.5 Å². The Balaban J connectivity index is 1.46. The molecule has 5 heteroatoms. The molecule has 5 nitrogen and oxygen atoms in total. The first kappa shape index (κ1) is 16.3. The van der Waals surface area contributed by atoms with E-state index in [-0.39, 0.29) is 0 Å². The van der Waals surface area contributed by atoms with E-state index in [0.717, 1.165) is 38.2 Å². The lowest BCUT2D eigenvalue weighted by molar-refractivity contribution is 0.194. The number of hydrogen-bond acceptors (Lipinski definition) is 4. The van der Waals surface area contributed by atoms with E-state index < -0.39 is 0 Å². The van der Waals surface area contributed by atoms with Crippen molar-refractivity contribution in [1.29, 1.82) is 5.26 Å². The minimum absolute atomic E-state index is 0.492. The van der Waals surface area contributed by atoms with Crippen LogP contribution < -0.4 is 0 Å². The Hall–Kier alpha value is -2.19. The molecule has 2 aromatic rings. The van der Waals surface area contributed by atoms with Gasteiger partial charge in [0.25, 0.3) is 0 Å². The number of piperidine rings is 1. The number of likely N-dealkylation sites (tertiary alicyclic amines) is 1. The van der Waals surface area contributed by atoms with Crippen molar-refractivity contribution in [2.75, 3.05) is 13.1 Å². The van der Waals surface area contributed by atoms with Crippen LogP contribution in [0, 0.1) is 11.3 Å². The summed E-state index contributed by atoms with van der Waals surface area (Å²) in [5, 5.41) is 18.0. The molecule has 1 atom stereocenters. The molecule has 2 aliphatic rings. The minimum atomic E-state index is 0.492. The van der Waals surface area contributed by atoms with Crippen molar-refractivity contribution in [3.63, 3.8) is 0 Å². The molecular formula is C20H25N5. The van der Waals surface area contributed by atoms with Gasteiger partial charge in [0, 0.05) is 32.0 Å². The van der Waals surface area contributed by atoms with Crippen LogP contribution in [0.1, 0.15) is 60.8 Å². The lowest BCUT2D eigenvalue weighted by Gasteiger charge is -2.32. The summed E-state index contributed by atoms with van der Waals surface area (Å²) >= 11 is 0. The van der Waals surface area contributed by atoms with Crippen molar-refractivity contribution in [1.82, 2.24) is 19.7 Å². The Morgan fingerprint density at radius 2 is 1.92 bits per heavy atom. The van der Waals surface area contributed by atoms with E-state index >= 15 is 0 Å². The van der Waals surface area contributed by atoms with Crippen molar-refractivity contribution >= 4 is 0 Å². The third-order valence-corrected chi connectivity index (χ3v) is 5.50. The molecule has 0 radical (unpaired) electrons. The average Bonchev–Trinajstić information content (AvgIpc) is 2.91. The summed E-state index contributed by atoms with van der Waals surface area (Å²) in [5.74, 6) is 2.89. The van der Waals surface area contributed by atoms with Crippen molar-refractivity contribution < 1.29 is 0 Å². The number of nitriles is 1. The fourth-order valence-corrected chi connectivity index (χ4v) is 4.16. The molecule has 1 aromatic carbocycles. The van der Waals surface area contributed by atoms with Crippen molar-refractivity contribution in [3.05, 3.63) is 47.0 Å². The van der Waals surface area contributed by atoms with Gasteiger partial charge in [0.1, 0.15) is 11.6 Å². The Kier molecular flexibility index (Phi) is 4.80. The van der Waals surface area contributed by atoms with E-state index in [1.807, 2.05) is 12.1 Å². The molecule has 1 fully saturated rings. The molecule has 25 heavy (non-hydrogen) atoms. The molecule has 0 aliphatic carbocycles. The summed E-state index contributed by atoms with van der Waals surface area (Å²) in [6, 6.07) is 10.2. The molecule has 3 heterocycles. The molecular weight excluding hydrogens is 310 g/mol. The second kappa shape index (κ2) is 7.37. The van der Waals surface area contributed by atoms with E-state index in [4.69, 9.17) is 5.26 Å². The minimum Gasteiger partial charge on any atom is -0.315 e. The largest absolute Gasteiger partial charge is 0.315 e. The lowest BCUT2D eigenvalue weighted by atomic mass is 9.96. The summed E-state index contributed by atoms with van der Waals surface area (Å²) in [6.45, 7) is 4.22. The lowest BCUT2D eigenvalue weighted by Crippen LogP contribution is -2.35. The highest BCUT2D eigenvalue weighted by Gasteiger charge is 2.27. The first-order chi connectivity index (χ1) is 12.3. The van der Waals surface area contributed by atoms with Crippen LogP contribution in [0.25, 0.3) is 0 Å². The van der Waals surface area contributed by atoms with E-state index in [1.54, 1.807) is 0 Å². The van der Waals surface area contributed by atoms with Gasteiger partial charge in [0.05, 0.1) is 11.6 Å². The molecule has 1 saturated heterocycles. The number of nitrogens with zero attached hydrogens (tertiary/aromatic N) is 5.